The summed E-state index contributed by atoms with van der Waals surface area (Å²) < 4.78 is 5.92. The number of carboxylic acid groups (broad SMARTS) is 1. The van der Waals surface area contributed by atoms with Crippen LogP contribution >= 0.6 is 0 Å². The predicted molar refractivity (Wildman–Crippen MR) is 80.3 cm³/mol. The number of carbonyl (C=O) groups excluding carboxylic acids is 1. The van der Waals surface area contributed by atoms with Crippen molar-refractivity contribution in [3.8, 4) is 0 Å². The molecule has 0 aliphatic carbocycles. The van der Waals surface area contributed by atoms with Crippen LogP contribution in [0.25, 0.3) is 0 Å². The zero-order chi connectivity index (χ0) is 16.3. The van der Waals surface area contributed by atoms with Crippen LogP contribution in [0.3, 0.4) is 0 Å². The molecule has 2 N–H and O–H groups in total. The molecule has 0 radical (unpaired) electrons. The number of amides is 2. The van der Waals surface area contributed by atoms with Crippen LogP contribution < -0.4 is 5.32 Å². The summed E-state index contributed by atoms with van der Waals surface area (Å²) >= 11 is 0. The number of rotatable bonds is 5. The molecule has 0 bridgehead atoms. The maximum absolute atomic E-state index is 12.3. The second kappa shape index (κ2) is 6.64. The predicted octanol–water partition coefficient (Wildman–Crippen LogP) is 2.23. The molecule has 0 aromatic heterocycles. The highest BCUT2D eigenvalue weighted by Gasteiger charge is 2.40. The lowest BCUT2D eigenvalue weighted by Gasteiger charge is -2.47. The highest BCUT2D eigenvalue weighted by molar-refractivity contribution is 5.82. The third-order valence-corrected chi connectivity index (χ3v) is 3.43. The lowest BCUT2D eigenvalue weighted by atomic mass is 9.99. The minimum atomic E-state index is -0.983. The normalized spacial score (nSPS) is 21.7. The molecule has 1 saturated heterocycles. The molecule has 6 nitrogen and oxygen atoms in total. The van der Waals surface area contributed by atoms with E-state index in [-0.39, 0.29) is 6.03 Å². The van der Waals surface area contributed by atoms with Gasteiger partial charge in [-0.25, -0.2) is 9.59 Å². The van der Waals surface area contributed by atoms with Crippen molar-refractivity contribution in [2.75, 3.05) is 13.1 Å². The Morgan fingerprint density at radius 2 is 1.76 bits per heavy atom. The Labute approximate surface area is 126 Å². The van der Waals surface area contributed by atoms with Crippen molar-refractivity contribution >= 4 is 12.0 Å². The molecule has 21 heavy (non-hydrogen) atoms. The van der Waals surface area contributed by atoms with E-state index in [4.69, 9.17) is 4.74 Å². The highest BCUT2D eigenvalue weighted by atomic mass is 16.5. The number of nitrogens with zero attached hydrogens (tertiary/aromatic N) is 1. The lowest BCUT2D eigenvalue weighted by molar-refractivity contribution is -0.170. The Balaban J connectivity index is 2.70. The molecule has 1 rings (SSSR count). The first kappa shape index (κ1) is 17.8. The maximum atomic E-state index is 12.3. The molecule has 2 amide bonds. The van der Waals surface area contributed by atoms with E-state index < -0.39 is 23.2 Å². The van der Waals surface area contributed by atoms with Crippen molar-refractivity contribution in [1.82, 2.24) is 10.2 Å². The van der Waals surface area contributed by atoms with Crippen molar-refractivity contribution in [1.29, 1.82) is 0 Å². The van der Waals surface area contributed by atoms with E-state index >= 15 is 0 Å². The quantitative estimate of drug-likeness (QED) is 0.816. The number of morpholine rings is 1. The molecule has 1 fully saturated rings. The molecule has 0 unspecified atom stereocenters. The van der Waals surface area contributed by atoms with Gasteiger partial charge in [-0.1, -0.05) is 19.8 Å². The van der Waals surface area contributed by atoms with Gasteiger partial charge < -0.3 is 20.1 Å². The Kier molecular flexibility index (Phi) is 5.61. The summed E-state index contributed by atoms with van der Waals surface area (Å²) in [5, 5.41) is 11.8. The Morgan fingerprint density at radius 1 is 1.24 bits per heavy atom. The van der Waals surface area contributed by atoms with Gasteiger partial charge in [0.2, 0.25) is 0 Å². The molecule has 122 valence electrons. The number of ether oxygens (including phenoxy) is 1. The number of aliphatic carboxylic acids is 1. The topological polar surface area (TPSA) is 78.9 Å². The number of carboxylic acids is 1. The molecule has 0 aromatic carbocycles. The largest absolute Gasteiger partial charge is 0.480 e. The standard InChI is InChI=1S/C15H28N2O4/c1-6-7-8-11(12(18)19)16-13(20)17-9-14(2,3)21-15(4,5)10-17/h11H,6-10H2,1-5H3,(H,16,20)(H,18,19)/t11-/m0/s1. The Morgan fingerprint density at radius 3 is 2.19 bits per heavy atom. The fourth-order valence-corrected chi connectivity index (χ4v) is 2.84. The second-order valence-corrected chi connectivity index (χ2v) is 6.96. The monoisotopic (exact) mass is 300 g/mol. The fraction of sp³-hybridized carbons (Fsp3) is 0.867. The van der Waals surface area contributed by atoms with Crippen molar-refractivity contribution in [2.24, 2.45) is 0 Å². The van der Waals surface area contributed by atoms with Gasteiger partial charge >= 0.3 is 12.0 Å². The van der Waals surface area contributed by atoms with Crippen LogP contribution in [0.1, 0.15) is 53.9 Å². The van der Waals surface area contributed by atoms with Crippen molar-refractivity contribution in [2.45, 2.75) is 71.1 Å². The summed E-state index contributed by atoms with van der Waals surface area (Å²) in [7, 11) is 0. The number of nitrogens with one attached hydrogen (secondary N) is 1. The molecule has 1 heterocycles. The minimum Gasteiger partial charge on any atom is -0.480 e. The summed E-state index contributed by atoms with van der Waals surface area (Å²) in [6.45, 7) is 10.6. The molecule has 1 aliphatic heterocycles. The van der Waals surface area contributed by atoms with Crippen LogP contribution in [-0.2, 0) is 9.53 Å². The Hall–Kier alpha value is -1.30. The van der Waals surface area contributed by atoms with Crippen molar-refractivity contribution in [3.05, 3.63) is 0 Å². The van der Waals surface area contributed by atoms with Gasteiger partial charge in [0, 0.05) is 0 Å². The zero-order valence-electron chi connectivity index (χ0n) is 13.7. The van der Waals surface area contributed by atoms with E-state index in [1.807, 2.05) is 34.6 Å². The molecule has 0 saturated carbocycles. The maximum Gasteiger partial charge on any atom is 0.326 e. The molecule has 1 atom stereocenters. The summed E-state index contributed by atoms with van der Waals surface area (Å²) in [6.07, 6.45) is 2.13. The van der Waals surface area contributed by atoms with E-state index in [0.29, 0.717) is 19.5 Å². The molecular weight excluding hydrogens is 272 g/mol. The van der Waals surface area contributed by atoms with Gasteiger partial charge in [0.15, 0.2) is 0 Å². The number of urea groups is 1. The smallest absolute Gasteiger partial charge is 0.326 e. The van der Waals surface area contributed by atoms with Gasteiger partial charge in [-0.05, 0) is 34.1 Å². The summed E-state index contributed by atoms with van der Waals surface area (Å²) in [6, 6.07) is -1.16. The van der Waals surface area contributed by atoms with Crippen LogP contribution in [0.5, 0.6) is 0 Å². The zero-order valence-corrected chi connectivity index (χ0v) is 13.7. The average Bonchev–Trinajstić information content (AvgIpc) is 2.29. The first-order valence-electron chi connectivity index (χ1n) is 7.55. The molecule has 0 spiro atoms. The van der Waals surface area contributed by atoms with E-state index in [0.717, 1.165) is 12.8 Å². The van der Waals surface area contributed by atoms with E-state index in [2.05, 4.69) is 5.32 Å². The van der Waals surface area contributed by atoms with Crippen LogP contribution in [0.2, 0.25) is 0 Å². The first-order chi connectivity index (χ1) is 9.56. The number of hydrogen-bond acceptors (Lipinski definition) is 3. The number of carbonyl (C=O) groups is 2. The van der Waals surface area contributed by atoms with Gasteiger partial charge in [0.1, 0.15) is 6.04 Å². The molecule has 6 heteroatoms. The van der Waals surface area contributed by atoms with Gasteiger partial charge in [-0.15, -0.1) is 0 Å². The van der Waals surface area contributed by atoms with Crippen LogP contribution in [0.15, 0.2) is 0 Å². The average molecular weight is 300 g/mol. The van der Waals surface area contributed by atoms with Gasteiger partial charge in [0.25, 0.3) is 0 Å². The van der Waals surface area contributed by atoms with Crippen molar-refractivity contribution in [3.63, 3.8) is 0 Å². The first-order valence-corrected chi connectivity index (χ1v) is 7.55. The minimum absolute atomic E-state index is 0.331. The highest BCUT2D eigenvalue weighted by Crippen LogP contribution is 2.28. The van der Waals surface area contributed by atoms with Crippen LogP contribution in [0, 0.1) is 0 Å². The van der Waals surface area contributed by atoms with Crippen LogP contribution in [-0.4, -0.2) is 52.3 Å². The summed E-state index contributed by atoms with van der Waals surface area (Å²) in [5.74, 6) is -0.983. The third kappa shape index (κ3) is 5.53. The van der Waals surface area contributed by atoms with Gasteiger partial charge in [0.05, 0.1) is 24.3 Å². The van der Waals surface area contributed by atoms with Crippen LogP contribution in [0.4, 0.5) is 4.79 Å². The molecule has 1 aliphatic rings. The third-order valence-electron chi connectivity index (χ3n) is 3.43. The molecular formula is C15H28N2O4. The summed E-state index contributed by atoms with van der Waals surface area (Å²) in [5.41, 5.74) is -0.886. The molecule has 0 aromatic rings. The van der Waals surface area contributed by atoms with Gasteiger partial charge in [-0.2, -0.15) is 0 Å². The Bertz CT molecular complexity index is 377. The van der Waals surface area contributed by atoms with E-state index in [9.17, 15) is 14.7 Å². The van der Waals surface area contributed by atoms with E-state index in [1.54, 1.807) is 4.90 Å². The SMILES string of the molecule is CCCC[C@H](NC(=O)N1CC(C)(C)OC(C)(C)C1)C(=O)O. The number of unbranched alkanes of at least 4 members (excludes halogenated alkanes) is 1. The number of hydrogen-bond donors (Lipinski definition) is 2. The fourth-order valence-electron chi connectivity index (χ4n) is 2.84. The summed E-state index contributed by atoms with van der Waals surface area (Å²) in [4.78, 5) is 25.2. The van der Waals surface area contributed by atoms with Gasteiger partial charge in [-0.3, -0.25) is 0 Å². The second-order valence-electron chi connectivity index (χ2n) is 6.96. The van der Waals surface area contributed by atoms with E-state index in [1.165, 1.54) is 0 Å². The lowest BCUT2D eigenvalue weighted by Crippen LogP contribution is -2.61. The van der Waals surface area contributed by atoms with Crippen molar-refractivity contribution < 1.29 is 19.4 Å².